The molecule has 2 aromatic rings. The van der Waals surface area contributed by atoms with Crippen molar-refractivity contribution in [2.45, 2.75) is 12.8 Å². The first-order chi connectivity index (χ1) is 12.1. The van der Waals surface area contributed by atoms with Crippen molar-refractivity contribution in [2.75, 3.05) is 25.5 Å². The number of halogens is 1. The van der Waals surface area contributed by atoms with Crippen LogP contribution in [-0.4, -0.2) is 36.9 Å². The quantitative estimate of drug-likeness (QED) is 0.682. The summed E-state index contributed by atoms with van der Waals surface area (Å²) in [5, 5.41) is 2.78. The molecule has 5 nitrogen and oxygen atoms in total. The summed E-state index contributed by atoms with van der Waals surface area (Å²) in [6.45, 7) is 0.479. The van der Waals surface area contributed by atoms with E-state index >= 15 is 0 Å². The van der Waals surface area contributed by atoms with Crippen LogP contribution in [0.25, 0.3) is 0 Å². The summed E-state index contributed by atoms with van der Waals surface area (Å²) in [5.74, 6) is 0.471. The first-order valence-electron chi connectivity index (χ1n) is 8.02. The first kappa shape index (κ1) is 19.0. The first-order valence-corrected chi connectivity index (χ1v) is 8.82. The van der Waals surface area contributed by atoms with Gasteiger partial charge in [-0.15, -0.1) is 0 Å². The van der Waals surface area contributed by atoms with Gasteiger partial charge in [0, 0.05) is 17.9 Å². The predicted molar refractivity (Wildman–Crippen MR) is 102 cm³/mol. The van der Waals surface area contributed by atoms with E-state index in [0.29, 0.717) is 25.1 Å². The highest BCUT2D eigenvalue weighted by Gasteiger charge is 2.13. The largest absolute Gasteiger partial charge is 0.494 e. The van der Waals surface area contributed by atoms with Crippen molar-refractivity contribution >= 4 is 33.4 Å². The van der Waals surface area contributed by atoms with Crippen molar-refractivity contribution in [1.82, 2.24) is 4.90 Å². The molecule has 0 aliphatic rings. The van der Waals surface area contributed by atoms with Gasteiger partial charge in [-0.25, -0.2) is 0 Å². The maximum atomic E-state index is 12.1. The van der Waals surface area contributed by atoms with Crippen LogP contribution in [0.4, 0.5) is 5.69 Å². The minimum atomic E-state index is -0.233. The number of nitrogens with one attached hydrogen (secondary N) is 1. The highest BCUT2D eigenvalue weighted by Crippen LogP contribution is 2.21. The molecular weight excluding hydrogens is 384 g/mol. The molecule has 0 unspecified atom stereocenters. The number of para-hydroxylation sites is 2. The molecule has 0 aromatic heterocycles. The van der Waals surface area contributed by atoms with E-state index in [9.17, 15) is 9.59 Å². The number of anilines is 1. The van der Waals surface area contributed by atoms with E-state index in [1.807, 2.05) is 48.5 Å². The number of hydrogen-bond donors (Lipinski definition) is 1. The molecule has 0 bridgehead atoms. The van der Waals surface area contributed by atoms with Gasteiger partial charge in [0.25, 0.3) is 0 Å². The van der Waals surface area contributed by atoms with Gasteiger partial charge < -0.3 is 15.0 Å². The fourth-order valence-corrected chi connectivity index (χ4v) is 2.56. The molecule has 0 saturated heterocycles. The smallest absolute Gasteiger partial charge is 0.244 e. The Labute approximate surface area is 156 Å². The van der Waals surface area contributed by atoms with Gasteiger partial charge in [-0.2, -0.15) is 0 Å². The molecule has 2 amide bonds. The molecule has 0 spiro atoms. The number of rotatable bonds is 8. The third-order valence-corrected chi connectivity index (χ3v) is 4.19. The molecule has 0 aliphatic heterocycles. The molecule has 0 fully saturated rings. The Morgan fingerprint density at radius 2 is 1.76 bits per heavy atom. The predicted octanol–water partition coefficient (Wildman–Crippen LogP) is 3.71. The summed E-state index contributed by atoms with van der Waals surface area (Å²) in [7, 11) is 1.63. The normalized spacial score (nSPS) is 10.2. The van der Waals surface area contributed by atoms with E-state index in [2.05, 4.69) is 21.2 Å². The third-order valence-electron chi connectivity index (χ3n) is 3.50. The van der Waals surface area contributed by atoms with Gasteiger partial charge in [0.05, 0.1) is 18.8 Å². The Bertz CT molecular complexity index is 707. The van der Waals surface area contributed by atoms with Crippen LogP contribution in [0.3, 0.4) is 0 Å². The lowest BCUT2D eigenvalue weighted by molar-refractivity contribution is -0.133. The zero-order chi connectivity index (χ0) is 18.1. The maximum absolute atomic E-state index is 12.1. The van der Waals surface area contributed by atoms with Crippen LogP contribution >= 0.6 is 15.9 Å². The summed E-state index contributed by atoms with van der Waals surface area (Å²) in [5.41, 5.74) is 0.685. The van der Waals surface area contributed by atoms with Crippen molar-refractivity contribution in [3.05, 3.63) is 59.1 Å². The van der Waals surface area contributed by atoms with Gasteiger partial charge in [-0.05, 0) is 46.6 Å². The van der Waals surface area contributed by atoms with Crippen LogP contribution < -0.4 is 10.1 Å². The minimum absolute atomic E-state index is 0.0136. The zero-order valence-electron chi connectivity index (χ0n) is 14.1. The average molecular weight is 405 g/mol. The molecule has 25 heavy (non-hydrogen) atoms. The fraction of sp³-hybridized carbons (Fsp3) is 0.263. The molecule has 1 N–H and O–H groups in total. The lowest BCUT2D eigenvalue weighted by Crippen LogP contribution is -2.35. The number of amides is 2. The number of likely N-dealkylation sites (N-methyl/N-ethyl adjacent to an activating group) is 1. The van der Waals surface area contributed by atoms with Crippen molar-refractivity contribution in [3.8, 4) is 5.75 Å². The molecule has 132 valence electrons. The molecule has 6 heteroatoms. The molecule has 2 rings (SSSR count). The highest BCUT2D eigenvalue weighted by molar-refractivity contribution is 9.10. The van der Waals surface area contributed by atoms with Crippen LogP contribution in [-0.2, 0) is 9.59 Å². The molecule has 0 aliphatic carbocycles. The number of hydrogen-bond acceptors (Lipinski definition) is 3. The van der Waals surface area contributed by atoms with Crippen LogP contribution in [0.1, 0.15) is 12.8 Å². The number of benzene rings is 2. The van der Waals surface area contributed by atoms with Crippen molar-refractivity contribution in [2.24, 2.45) is 0 Å². The number of carbonyl (C=O) groups excluding carboxylic acids is 2. The van der Waals surface area contributed by atoms with Crippen LogP contribution in [0.15, 0.2) is 59.1 Å². The summed E-state index contributed by atoms with van der Waals surface area (Å²) < 4.78 is 6.36. The molecule has 0 atom stereocenters. The molecule has 0 radical (unpaired) electrons. The highest BCUT2D eigenvalue weighted by atomic mass is 79.9. The zero-order valence-corrected chi connectivity index (χ0v) is 15.7. The van der Waals surface area contributed by atoms with Gasteiger partial charge in [0.1, 0.15) is 5.75 Å². The topological polar surface area (TPSA) is 58.6 Å². The molecule has 0 heterocycles. The van der Waals surface area contributed by atoms with E-state index in [1.54, 1.807) is 13.1 Å². The van der Waals surface area contributed by atoms with Gasteiger partial charge >= 0.3 is 0 Å². The maximum Gasteiger partial charge on any atom is 0.244 e. The third kappa shape index (κ3) is 6.58. The fourth-order valence-electron chi connectivity index (χ4n) is 2.18. The van der Waals surface area contributed by atoms with Crippen molar-refractivity contribution in [1.29, 1.82) is 0 Å². The summed E-state index contributed by atoms with van der Waals surface area (Å²) >= 11 is 3.37. The Morgan fingerprint density at radius 3 is 2.48 bits per heavy atom. The van der Waals surface area contributed by atoms with Gasteiger partial charge in [-0.1, -0.05) is 30.3 Å². The number of carbonyl (C=O) groups is 2. The lowest BCUT2D eigenvalue weighted by atomic mass is 10.3. The van der Waals surface area contributed by atoms with E-state index in [0.717, 1.165) is 10.2 Å². The Hall–Kier alpha value is -2.34. The van der Waals surface area contributed by atoms with Gasteiger partial charge in [0.15, 0.2) is 0 Å². The Balaban J connectivity index is 1.69. The molecular formula is C19H21BrN2O3. The standard InChI is InChI=1S/C19H21BrN2O3/c1-22(14-18(23)21-17-11-6-5-10-16(17)20)19(24)12-7-13-25-15-8-3-2-4-9-15/h2-6,8-11H,7,12-14H2,1H3,(H,21,23). The lowest BCUT2D eigenvalue weighted by Gasteiger charge is -2.17. The summed E-state index contributed by atoms with van der Waals surface area (Å²) in [4.78, 5) is 25.6. The monoisotopic (exact) mass is 404 g/mol. The van der Waals surface area contributed by atoms with E-state index in [4.69, 9.17) is 4.74 Å². The van der Waals surface area contributed by atoms with Crippen LogP contribution in [0, 0.1) is 0 Å². The van der Waals surface area contributed by atoms with Gasteiger partial charge in [-0.3, -0.25) is 9.59 Å². The number of ether oxygens (including phenoxy) is 1. The second-order valence-electron chi connectivity index (χ2n) is 5.54. The summed E-state index contributed by atoms with van der Waals surface area (Å²) in [6.07, 6.45) is 0.940. The van der Waals surface area contributed by atoms with Crippen LogP contribution in [0.5, 0.6) is 5.75 Å². The van der Waals surface area contributed by atoms with Crippen molar-refractivity contribution in [3.63, 3.8) is 0 Å². The Morgan fingerprint density at radius 1 is 1.08 bits per heavy atom. The average Bonchev–Trinajstić information content (AvgIpc) is 2.61. The number of nitrogens with zero attached hydrogens (tertiary/aromatic N) is 1. The second-order valence-corrected chi connectivity index (χ2v) is 6.40. The van der Waals surface area contributed by atoms with Gasteiger partial charge in [0.2, 0.25) is 11.8 Å². The second kappa shape index (κ2) is 9.84. The van der Waals surface area contributed by atoms with E-state index < -0.39 is 0 Å². The SMILES string of the molecule is CN(CC(=O)Nc1ccccc1Br)C(=O)CCCOc1ccccc1. The molecule has 0 saturated carbocycles. The minimum Gasteiger partial charge on any atom is -0.494 e. The van der Waals surface area contributed by atoms with Crippen molar-refractivity contribution < 1.29 is 14.3 Å². The van der Waals surface area contributed by atoms with E-state index in [1.165, 1.54) is 4.90 Å². The van der Waals surface area contributed by atoms with E-state index in [-0.39, 0.29) is 18.4 Å². The molecule has 2 aromatic carbocycles. The summed E-state index contributed by atoms with van der Waals surface area (Å²) in [6, 6.07) is 16.8. The Kier molecular flexibility index (Phi) is 7.47. The van der Waals surface area contributed by atoms with Crippen LogP contribution in [0.2, 0.25) is 0 Å².